The molecule has 3 nitrogen and oxygen atoms in total. The first kappa shape index (κ1) is 22.8. The zero-order valence-corrected chi connectivity index (χ0v) is 17.1. The third kappa shape index (κ3) is 12.2. The van der Waals surface area contributed by atoms with Crippen molar-refractivity contribution in [2.24, 2.45) is 0 Å². The Morgan fingerprint density at radius 2 is 1.15 bits per heavy atom. The summed E-state index contributed by atoms with van der Waals surface area (Å²) in [6.45, 7) is 3.16. The van der Waals surface area contributed by atoms with Gasteiger partial charge in [0, 0.05) is 25.0 Å². The third-order valence-corrected chi connectivity index (χ3v) is 5.23. The maximum atomic E-state index is 11.1. The highest BCUT2D eigenvalue weighted by Gasteiger charge is 1.98. The van der Waals surface area contributed by atoms with Crippen LogP contribution >= 0.6 is 0 Å². The quantitative estimate of drug-likeness (QED) is 0.309. The minimum atomic E-state index is -0.298. The molecule has 26 heavy (non-hydrogen) atoms. The summed E-state index contributed by atoms with van der Waals surface area (Å²) in [5, 5.41) is 9.40. The normalized spacial score (nSPS) is 11.1. The Labute approximate surface area is 160 Å². The van der Waals surface area contributed by atoms with Crippen LogP contribution < -0.4 is 5.43 Å². The smallest absolute Gasteiger partial charge is 0.223 e. The second-order valence-electron chi connectivity index (χ2n) is 7.74. The van der Waals surface area contributed by atoms with Crippen LogP contribution in [0, 0.1) is 0 Å². The number of aromatic nitrogens is 1. The largest absolute Gasteiger partial charge is 0.503 e. The number of aryl methyl sites for hydroxylation is 1. The van der Waals surface area contributed by atoms with E-state index >= 15 is 0 Å². The lowest BCUT2D eigenvalue weighted by Crippen LogP contribution is -2.05. The summed E-state index contributed by atoms with van der Waals surface area (Å²) in [6.07, 6.45) is 25.3. The van der Waals surface area contributed by atoms with Gasteiger partial charge in [0.1, 0.15) is 0 Å². The number of rotatable bonds is 17. The summed E-state index contributed by atoms with van der Waals surface area (Å²) in [6, 6.07) is 1.43. The van der Waals surface area contributed by atoms with Gasteiger partial charge in [-0.25, -0.2) is 0 Å². The zero-order valence-electron chi connectivity index (χ0n) is 17.1. The number of nitrogens with zero attached hydrogens (tertiary/aromatic N) is 1. The van der Waals surface area contributed by atoms with Crippen molar-refractivity contribution in [1.29, 1.82) is 0 Å². The van der Waals surface area contributed by atoms with Gasteiger partial charge in [0.25, 0.3) is 0 Å². The molecule has 150 valence electrons. The first-order chi connectivity index (χ1) is 12.7. The van der Waals surface area contributed by atoms with Crippen molar-refractivity contribution in [1.82, 2.24) is 4.57 Å². The molecule has 0 aliphatic carbocycles. The molecule has 0 atom stereocenters. The van der Waals surface area contributed by atoms with Crippen LogP contribution in [0.1, 0.15) is 110 Å². The third-order valence-electron chi connectivity index (χ3n) is 5.23. The number of hydrogen-bond acceptors (Lipinski definition) is 2. The highest BCUT2D eigenvalue weighted by Crippen LogP contribution is 2.14. The first-order valence-electron chi connectivity index (χ1n) is 11.1. The fourth-order valence-corrected chi connectivity index (χ4v) is 3.49. The molecular weight excluding hydrogens is 322 g/mol. The molecule has 0 unspecified atom stereocenters. The van der Waals surface area contributed by atoms with Crippen LogP contribution in [-0.2, 0) is 6.54 Å². The number of unbranched alkanes of at least 4 members (excludes halogenated alkanes) is 15. The zero-order chi connectivity index (χ0) is 18.9. The molecule has 0 bridgehead atoms. The van der Waals surface area contributed by atoms with E-state index in [1.165, 1.54) is 109 Å². The predicted molar refractivity (Wildman–Crippen MR) is 112 cm³/mol. The van der Waals surface area contributed by atoms with E-state index in [4.69, 9.17) is 0 Å². The Morgan fingerprint density at radius 1 is 0.731 bits per heavy atom. The Morgan fingerprint density at radius 3 is 1.58 bits per heavy atom. The van der Waals surface area contributed by atoms with Gasteiger partial charge in [-0.3, -0.25) is 4.79 Å². The van der Waals surface area contributed by atoms with Crippen molar-refractivity contribution < 1.29 is 5.11 Å². The van der Waals surface area contributed by atoms with E-state index in [0.717, 1.165) is 13.0 Å². The molecule has 0 aromatic carbocycles. The van der Waals surface area contributed by atoms with Gasteiger partial charge in [-0.1, -0.05) is 103 Å². The molecule has 0 aliphatic rings. The Bertz CT molecular complexity index is 495. The second-order valence-corrected chi connectivity index (χ2v) is 7.74. The molecule has 1 heterocycles. The monoisotopic (exact) mass is 363 g/mol. The summed E-state index contributed by atoms with van der Waals surface area (Å²) >= 11 is 0. The van der Waals surface area contributed by atoms with Crippen molar-refractivity contribution in [2.75, 3.05) is 0 Å². The van der Waals surface area contributed by atoms with Crippen molar-refractivity contribution in [3.05, 3.63) is 28.7 Å². The SMILES string of the molecule is CCCCCCCCCCCCCCCCCCn1ccc(=O)c(O)c1. The average molecular weight is 364 g/mol. The van der Waals surface area contributed by atoms with E-state index in [1.54, 1.807) is 6.20 Å². The number of pyridine rings is 1. The maximum absolute atomic E-state index is 11.1. The highest BCUT2D eigenvalue weighted by molar-refractivity contribution is 5.14. The molecule has 0 radical (unpaired) electrons. The lowest BCUT2D eigenvalue weighted by molar-refractivity contribution is 0.457. The molecule has 0 saturated carbocycles. The van der Waals surface area contributed by atoms with E-state index in [9.17, 15) is 9.90 Å². The highest BCUT2D eigenvalue weighted by atomic mass is 16.3. The predicted octanol–water partition coefficient (Wildman–Crippen LogP) is 6.82. The molecular formula is C23H41NO2. The fourth-order valence-electron chi connectivity index (χ4n) is 3.49. The van der Waals surface area contributed by atoms with E-state index in [-0.39, 0.29) is 11.2 Å². The molecule has 3 heteroatoms. The molecule has 1 aromatic heterocycles. The van der Waals surface area contributed by atoms with Crippen molar-refractivity contribution in [3.63, 3.8) is 0 Å². The number of hydrogen-bond donors (Lipinski definition) is 1. The van der Waals surface area contributed by atoms with Crippen molar-refractivity contribution in [3.8, 4) is 5.75 Å². The average Bonchev–Trinajstić information content (AvgIpc) is 2.64. The van der Waals surface area contributed by atoms with E-state index in [1.807, 2.05) is 4.57 Å². The summed E-state index contributed by atoms with van der Waals surface area (Å²) in [7, 11) is 0. The summed E-state index contributed by atoms with van der Waals surface area (Å²) in [5.74, 6) is -0.149. The van der Waals surface area contributed by atoms with Crippen LogP contribution in [0.3, 0.4) is 0 Å². The van der Waals surface area contributed by atoms with Gasteiger partial charge < -0.3 is 9.67 Å². The van der Waals surface area contributed by atoms with Gasteiger partial charge in [-0.15, -0.1) is 0 Å². The molecule has 1 aromatic rings. The van der Waals surface area contributed by atoms with Gasteiger partial charge in [-0.05, 0) is 6.42 Å². The molecule has 0 saturated heterocycles. The second kappa shape index (κ2) is 16.0. The number of aromatic hydroxyl groups is 1. The lowest BCUT2D eigenvalue weighted by atomic mass is 10.0. The van der Waals surface area contributed by atoms with Gasteiger partial charge in [0.05, 0.1) is 0 Å². The van der Waals surface area contributed by atoms with Gasteiger partial charge in [0.2, 0.25) is 5.43 Å². The van der Waals surface area contributed by atoms with Gasteiger partial charge in [-0.2, -0.15) is 0 Å². The van der Waals surface area contributed by atoms with Crippen LogP contribution in [0.2, 0.25) is 0 Å². The molecule has 0 aliphatic heterocycles. The van der Waals surface area contributed by atoms with Crippen LogP contribution in [0.15, 0.2) is 23.3 Å². The summed E-state index contributed by atoms with van der Waals surface area (Å²) in [5.41, 5.74) is -0.298. The topological polar surface area (TPSA) is 42.2 Å². The van der Waals surface area contributed by atoms with Crippen LogP contribution in [0.5, 0.6) is 5.75 Å². The molecule has 0 fully saturated rings. The first-order valence-corrected chi connectivity index (χ1v) is 11.1. The van der Waals surface area contributed by atoms with Crippen molar-refractivity contribution >= 4 is 0 Å². The van der Waals surface area contributed by atoms with Crippen LogP contribution in [0.4, 0.5) is 0 Å². The van der Waals surface area contributed by atoms with Gasteiger partial charge >= 0.3 is 0 Å². The fraction of sp³-hybridized carbons (Fsp3) is 0.783. The van der Waals surface area contributed by atoms with Crippen LogP contribution in [0.25, 0.3) is 0 Å². The van der Waals surface area contributed by atoms with E-state index in [0.29, 0.717) is 0 Å². The maximum Gasteiger partial charge on any atom is 0.223 e. The molecule has 0 amide bonds. The summed E-state index contributed by atoms with van der Waals surface area (Å²) < 4.78 is 1.90. The van der Waals surface area contributed by atoms with E-state index < -0.39 is 0 Å². The molecule has 0 spiro atoms. The van der Waals surface area contributed by atoms with E-state index in [2.05, 4.69) is 6.92 Å². The standard InChI is InChI=1S/C23H41NO2/c1-2-3-4-5-6-7-8-9-10-11-12-13-14-15-16-17-19-24-20-18-22(25)23(26)21-24/h18,20-21,26H,2-17,19H2,1H3. The Kier molecular flexibility index (Phi) is 14.0. The molecule has 1 rings (SSSR count). The van der Waals surface area contributed by atoms with Crippen LogP contribution in [-0.4, -0.2) is 9.67 Å². The Hall–Kier alpha value is -1.25. The molecule has 1 N–H and O–H groups in total. The minimum absolute atomic E-state index is 0.149. The van der Waals surface area contributed by atoms with Gasteiger partial charge in [0.15, 0.2) is 5.75 Å². The lowest BCUT2D eigenvalue weighted by Gasteiger charge is -2.06. The van der Waals surface area contributed by atoms with Crippen molar-refractivity contribution in [2.45, 2.75) is 116 Å². The minimum Gasteiger partial charge on any atom is -0.503 e. The Balaban J connectivity index is 1.79. The summed E-state index contributed by atoms with van der Waals surface area (Å²) in [4.78, 5) is 11.1.